The van der Waals surface area contributed by atoms with E-state index in [9.17, 15) is 9.90 Å². The summed E-state index contributed by atoms with van der Waals surface area (Å²) in [4.78, 5) is 11.5. The lowest BCUT2D eigenvalue weighted by atomic mass is 9.92. The van der Waals surface area contributed by atoms with Crippen LogP contribution in [-0.2, 0) is 5.54 Å². The summed E-state index contributed by atoms with van der Waals surface area (Å²) in [5.41, 5.74) is 12.6. The molecule has 5 heteroatoms. The maximum atomic E-state index is 11.5. The molecule has 1 atom stereocenters. The number of benzene rings is 2. The lowest BCUT2D eigenvalue weighted by molar-refractivity contribution is 0.100. The summed E-state index contributed by atoms with van der Waals surface area (Å²) in [6, 6.07) is 14.3. The monoisotopic (exact) mass is 285 g/mol. The van der Waals surface area contributed by atoms with E-state index < -0.39 is 11.4 Å². The average molecular weight is 285 g/mol. The normalized spacial score (nSPS) is 13.4. The second-order valence-electron chi connectivity index (χ2n) is 5.15. The largest absolute Gasteiger partial charge is 0.399 e. The zero-order valence-electron chi connectivity index (χ0n) is 11.8. The van der Waals surface area contributed by atoms with Gasteiger partial charge in [-0.15, -0.1) is 0 Å². The van der Waals surface area contributed by atoms with Crippen LogP contribution in [-0.4, -0.2) is 17.6 Å². The van der Waals surface area contributed by atoms with E-state index in [-0.39, 0.29) is 6.61 Å². The van der Waals surface area contributed by atoms with Crippen LogP contribution in [0.3, 0.4) is 0 Å². The highest BCUT2D eigenvalue weighted by atomic mass is 16.3. The van der Waals surface area contributed by atoms with Gasteiger partial charge in [-0.1, -0.05) is 30.3 Å². The smallest absolute Gasteiger partial charge is 0.250 e. The van der Waals surface area contributed by atoms with Crippen molar-refractivity contribution in [1.29, 1.82) is 0 Å². The minimum absolute atomic E-state index is 0.149. The lowest BCUT2D eigenvalue weighted by Crippen LogP contribution is -2.36. The number of carbonyl (C=O) groups is 1. The van der Waals surface area contributed by atoms with Crippen LogP contribution >= 0.6 is 0 Å². The first kappa shape index (κ1) is 14.9. The highest BCUT2D eigenvalue weighted by molar-refractivity contribution is 5.99. The SMILES string of the molecule is CC(CO)(Nc1cc(N)ccc1C(N)=O)c1ccccc1. The molecule has 0 saturated heterocycles. The van der Waals surface area contributed by atoms with Gasteiger partial charge in [0.05, 0.1) is 17.7 Å². The Morgan fingerprint density at radius 3 is 2.48 bits per heavy atom. The summed E-state index contributed by atoms with van der Waals surface area (Å²) in [6.45, 7) is 1.69. The van der Waals surface area contributed by atoms with Crippen LogP contribution in [0.25, 0.3) is 0 Å². The maximum absolute atomic E-state index is 11.5. The Balaban J connectivity index is 2.44. The molecule has 0 fully saturated rings. The van der Waals surface area contributed by atoms with E-state index in [4.69, 9.17) is 11.5 Å². The molecular formula is C16H19N3O2. The lowest BCUT2D eigenvalue weighted by Gasteiger charge is -2.31. The molecule has 0 bridgehead atoms. The highest BCUT2D eigenvalue weighted by Gasteiger charge is 2.27. The summed E-state index contributed by atoms with van der Waals surface area (Å²) in [5.74, 6) is -0.550. The zero-order chi connectivity index (χ0) is 15.5. The first-order chi connectivity index (χ1) is 9.96. The van der Waals surface area contributed by atoms with Crippen LogP contribution in [0.1, 0.15) is 22.8 Å². The molecule has 21 heavy (non-hydrogen) atoms. The van der Waals surface area contributed by atoms with Gasteiger partial charge in [-0.05, 0) is 30.7 Å². The van der Waals surface area contributed by atoms with Crippen LogP contribution in [0.2, 0.25) is 0 Å². The Kier molecular flexibility index (Phi) is 4.14. The number of hydrogen-bond acceptors (Lipinski definition) is 4. The molecule has 2 aromatic rings. The molecule has 5 nitrogen and oxygen atoms in total. The van der Waals surface area contributed by atoms with E-state index in [2.05, 4.69) is 5.32 Å². The molecular weight excluding hydrogens is 266 g/mol. The van der Waals surface area contributed by atoms with Crippen LogP contribution < -0.4 is 16.8 Å². The van der Waals surface area contributed by atoms with E-state index >= 15 is 0 Å². The number of aliphatic hydroxyl groups is 1. The van der Waals surface area contributed by atoms with Gasteiger partial charge >= 0.3 is 0 Å². The minimum Gasteiger partial charge on any atom is -0.399 e. The molecule has 0 heterocycles. The van der Waals surface area contributed by atoms with Crippen molar-refractivity contribution in [3.8, 4) is 0 Å². The molecule has 2 rings (SSSR count). The molecule has 6 N–H and O–H groups in total. The quantitative estimate of drug-likeness (QED) is 0.628. The maximum Gasteiger partial charge on any atom is 0.250 e. The first-order valence-corrected chi connectivity index (χ1v) is 6.60. The fraction of sp³-hybridized carbons (Fsp3) is 0.188. The summed E-state index contributed by atoms with van der Waals surface area (Å²) in [6.07, 6.45) is 0. The van der Waals surface area contributed by atoms with Crippen LogP contribution in [0.5, 0.6) is 0 Å². The third-order valence-corrected chi connectivity index (χ3v) is 3.45. The van der Waals surface area contributed by atoms with Gasteiger partial charge in [-0.3, -0.25) is 4.79 Å². The van der Waals surface area contributed by atoms with Crippen molar-refractivity contribution in [2.45, 2.75) is 12.5 Å². The Hall–Kier alpha value is -2.53. The van der Waals surface area contributed by atoms with Gasteiger partial charge in [0.2, 0.25) is 0 Å². The minimum atomic E-state index is -0.751. The average Bonchev–Trinajstić information content (AvgIpc) is 2.47. The van der Waals surface area contributed by atoms with E-state index in [0.717, 1.165) is 5.56 Å². The third-order valence-electron chi connectivity index (χ3n) is 3.45. The van der Waals surface area contributed by atoms with Gasteiger partial charge in [0, 0.05) is 11.4 Å². The van der Waals surface area contributed by atoms with Crippen LogP contribution in [0.15, 0.2) is 48.5 Å². The number of primary amides is 1. The summed E-state index contributed by atoms with van der Waals surface area (Å²) < 4.78 is 0. The van der Waals surface area contributed by atoms with E-state index in [0.29, 0.717) is 16.9 Å². The molecule has 0 spiro atoms. The van der Waals surface area contributed by atoms with Crippen molar-refractivity contribution in [1.82, 2.24) is 0 Å². The van der Waals surface area contributed by atoms with Crippen molar-refractivity contribution in [3.63, 3.8) is 0 Å². The molecule has 0 aliphatic carbocycles. The van der Waals surface area contributed by atoms with Gasteiger partial charge < -0.3 is 21.9 Å². The van der Waals surface area contributed by atoms with Gasteiger partial charge in [0.1, 0.15) is 0 Å². The number of anilines is 2. The first-order valence-electron chi connectivity index (χ1n) is 6.60. The van der Waals surface area contributed by atoms with E-state index in [1.165, 1.54) is 0 Å². The Bertz CT molecular complexity index is 643. The number of amides is 1. The number of rotatable bonds is 5. The summed E-state index contributed by atoms with van der Waals surface area (Å²) >= 11 is 0. The molecule has 0 aromatic heterocycles. The molecule has 0 aliphatic heterocycles. The van der Waals surface area contributed by atoms with E-state index in [1.54, 1.807) is 18.2 Å². The number of aliphatic hydroxyl groups excluding tert-OH is 1. The fourth-order valence-corrected chi connectivity index (χ4v) is 2.19. The van der Waals surface area contributed by atoms with Gasteiger partial charge in [-0.25, -0.2) is 0 Å². The Morgan fingerprint density at radius 1 is 1.24 bits per heavy atom. The van der Waals surface area contributed by atoms with Crippen LogP contribution in [0, 0.1) is 0 Å². The third kappa shape index (κ3) is 3.14. The Morgan fingerprint density at radius 2 is 1.90 bits per heavy atom. The van der Waals surface area contributed by atoms with Crippen LogP contribution in [0.4, 0.5) is 11.4 Å². The zero-order valence-corrected chi connectivity index (χ0v) is 11.8. The molecule has 0 aliphatic rings. The number of nitrogens with two attached hydrogens (primary N) is 2. The second kappa shape index (κ2) is 5.85. The predicted octanol–water partition coefficient (Wildman–Crippen LogP) is 1.69. The molecule has 1 unspecified atom stereocenters. The predicted molar refractivity (Wildman–Crippen MR) is 83.9 cm³/mol. The van der Waals surface area contributed by atoms with Crippen molar-refractivity contribution in [3.05, 3.63) is 59.7 Å². The molecule has 0 radical (unpaired) electrons. The van der Waals surface area contributed by atoms with Crippen molar-refractivity contribution >= 4 is 17.3 Å². The van der Waals surface area contributed by atoms with E-state index in [1.807, 2.05) is 37.3 Å². The number of nitrogens with one attached hydrogen (secondary N) is 1. The molecule has 2 aromatic carbocycles. The molecule has 1 amide bonds. The summed E-state index contributed by atoms with van der Waals surface area (Å²) in [7, 11) is 0. The standard InChI is InChI=1S/C16H19N3O2/c1-16(10-20,11-5-3-2-4-6-11)19-14-9-12(17)7-8-13(14)15(18)21/h2-9,19-20H,10,17H2,1H3,(H2,18,21). The molecule has 110 valence electrons. The molecule has 0 saturated carbocycles. The van der Waals surface area contributed by atoms with Crippen molar-refractivity contribution < 1.29 is 9.90 Å². The van der Waals surface area contributed by atoms with Crippen molar-refractivity contribution in [2.75, 3.05) is 17.7 Å². The highest BCUT2D eigenvalue weighted by Crippen LogP contribution is 2.29. The van der Waals surface area contributed by atoms with Gasteiger partial charge in [0.25, 0.3) is 5.91 Å². The van der Waals surface area contributed by atoms with Gasteiger partial charge in [-0.2, -0.15) is 0 Å². The topological polar surface area (TPSA) is 101 Å². The second-order valence-corrected chi connectivity index (χ2v) is 5.15. The number of hydrogen-bond donors (Lipinski definition) is 4. The number of nitrogen functional groups attached to an aromatic ring is 1. The summed E-state index contributed by atoms with van der Waals surface area (Å²) in [5, 5.41) is 13.0. The number of carbonyl (C=O) groups excluding carboxylic acids is 1. The Labute approximate surface area is 123 Å². The van der Waals surface area contributed by atoms with Gasteiger partial charge in [0.15, 0.2) is 0 Å². The van der Waals surface area contributed by atoms with Crippen molar-refractivity contribution in [2.24, 2.45) is 5.73 Å². The fourth-order valence-electron chi connectivity index (χ4n) is 2.19.